The monoisotopic (exact) mass is 227 g/mol. The van der Waals surface area contributed by atoms with E-state index in [9.17, 15) is 4.79 Å². The zero-order valence-corrected chi connectivity index (χ0v) is 9.04. The van der Waals surface area contributed by atoms with Gasteiger partial charge < -0.3 is 10.8 Å². The van der Waals surface area contributed by atoms with Crippen molar-refractivity contribution >= 4 is 23.5 Å². The highest BCUT2D eigenvalue weighted by Crippen LogP contribution is 2.28. The molecule has 0 aromatic carbocycles. The molecule has 82 valence electrons. The smallest absolute Gasteiger partial charge is 0.341 e. The van der Waals surface area contributed by atoms with Crippen molar-refractivity contribution < 1.29 is 9.90 Å². The van der Waals surface area contributed by atoms with Gasteiger partial charge in [-0.15, -0.1) is 0 Å². The Hall–Kier alpha value is -1.17. The van der Waals surface area contributed by atoms with Gasteiger partial charge in [-0.25, -0.2) is 9.48 Å². The van der Waals surface area contributed by atoms with Crippen molar-refractivity contribution in [3.8, 4) is 0 Å². The van der Waals surface area contributed by atoms with Crippen LogP contribution in [0.15, 0.2) is 6.20 Å². The molecule has 2 heterocycles. The number of carboxylic acids is 1. The van der Waals surface area contributed by atoms with E-state index in [2.05, 4.69) is 5.10 Å². The molecule has 1 atom stereocenters. The summed E-state index contributed by atoms with van der Waals surface area (Å²) in [6.45, 7) is 0. The predicted molar refractivity (Wildman–Crippen MR) is 59.2 cm³/mol. The Labute approximate surface area is 91.6 Å². The molecule has 5 nitrogen and oxygen atoms in total. The molecule has 1 aliphatic rings. The molecule has 1 aliphatic heterocycles. The third-order valence-corrected chi connectivity index (χ3v) is 3.74. The molecule has 2 rings (SSSR count). The normalized spacial score (nSPS) is 21.5. The van der Waals surface area contributed by atoms with Crippen LogP contribution in [-0.2, 0) is 0 Å². The third-order valence-electron chi connectivity index (χ3n) is 2.55. The third kappa shape index (κ3) is 1.94. The fourth-order valence-corrected chi connectivity index (χ4v) is 2.86. The number of thioether (sulfide) groups is 1. The van der Waals surface area contributed by atoms with Gasteiger partial charge in [-0.3, -0.25) is 0 Å². The summed E-state index contributed by atoms with van der Waals surface area (Å²) in [6, 6.07) is 0.247. The summed E-state index contributed by atoms with van der Waals surface area (Å²) in [6.07, 6.45) is 3.49. The first-order chi connectivity index (χ1) is 7.20. The number of nitrogens with two attached hydrogens (primary N) is 1. The lowest BCUT2D eigenvalue weighted by atomic mass is 10.2. The molecule has 1 saturated heterocycles. The minimum atomic E-state index is -1.01. The van der Waals surface area contributed by atoms with E-state index in [1.54, 1.807) is 4.68 Å². The van der Waals surface area contributed by atoms with Crippen LogP contribution in [0, 0.1) is 0 Å². The minimum Gasteiger partial charge on any atom is -0.477 e. The number of hydrogen-bond donors (Lipinski definition) is 2. The van der Waals surface area contributed by atoms with Crippen molar-refractivity contribution in [3.05, 3.63) is 11.8 Å². The number of hydrogen-bond acceptors (Lipinski definition) is 4. The molecule has 0 bridgehead atoms. The van der Waals surface area contributed by atoms with Crippen LogP contribution in [-0.4, -0.2) is 32.4 Å². The molecule has 0 saturated carbocycles. The van der Waals surface area contributed by atoms with E-state index in [0.29, 0.717) is 0 Å². The lowest BCUT2D eigenvalue weighted by molar-refractivity contribution is 0.0698. The summed E-state index contributed by atoms with van der Waals surface area (Å²) in [5.41, 5.74) is 5.85. The predicted octanol–water partition coefficient (Wildman–Crippen LogP) is 1.23. The summed E-state index contributed by atoms with van der Waals surface area (Å²) in [5, 5.41) is 12.9. The lowest BCUT2D eigenvalue weighted by Crippen LogP contribution is -2.19. The summed E-state index contributed by atoms with van der Waals surface area (Å²) in [5.74, 6) is 1.39. The van der Waals surface area contributed by atoms with Crippen molar-refractivity contribution in [3.63, 3.8) is 0 Å². The van der Waals surface area contributed by atoms with E-state index in [1.165, 1.54) is 11.9 Å². The number of carbonyl (C=O) groups is 1. The maximum Gasteiger partial charge on any atom is 0.341 e. The Bertz CT molecular complexity index is 371. The standard InChI is InChI=1S/C9H13N3O2S/c10-8-7(9(13)14)4-11-12(8)6-2-1-3-15-5-6/h4,6H,1-3,5,10H2,(H,13,14). The highest BCUT2D eigenvalue weighted by molar-refractivity contribution is 7.99. The molecule has 0 spiro atoms. The Kier molecular flexibility index (Phi) is 2.86. The van der Waals surface area contributed by atoms with Crippen molar-refractivity contribution in [2.24, 2.45) is 0 Å². The Morgan fingerprint density at radius 3 is 3.07 bits per heavy atom. The first kappa shape index (κ1) is 10.4. The average Bonchev–Trinajstić information content (AvgIpc) is 2.61. The number of nitrogen functional groups attached to an aromatic ring is 1. The zero-order chi connectivity index (χ0) is 10.8. The van der Waals surface area contributed by atoms with Gasteiger partial charge in [0.1, 0.15) is 11.4 Å². The summed E-state index contributed by atoms with van der Waals surface area (Å²) < 4.78 is 1.65. The molecule has 1 aromatic heterocycles. The number of nitrogens with zero attached hydrogens (tertiary/aromatic N) is 2. The number of carboxylic acid groups (broad SMARTS) is 1. The summed E-state index contributed by atoms with van der Waals surface area (Å²) >= 11 is 1.86. The van der Waals surface area contributed by atoms with Crippen molar-refractivity contribution in [1.82, 2.24) is 9.78 Å². The quantitative estimate of drug-likeness (QED) is 0.794. The van der Waals surface area contributed by atoms with E-state index < -0.39 is 5.97 Å². The minimum absolute atomic E-state index is 0.102. The van der Waals surface area contributed by atoms with Gasteiger partial charge in [0, 0.05) is 5.75 Å². The molecular formula is C9H13N3O2S. The SMILES string of the molecule is Nc1c(C(=O)O)cnn1C1CCCSC1. The number of aromatic carboxylic acids is 1. The van der Waals surface area contributed by atoms with Crippen LogP contribution in [0.25, 0.3) is 0 Å². The second-order valence-electron chi connectivity index (χ2n) is 3.56. The first-order valence-corrected chi connectivity index (χ1v) is 5.99. The molecule has 6 heteroatoms. The van der Waals surface area contributed by atoms with Crippen LogP contribution < -0.4 is 5.73 Å². The van der Waals surface area contributed by atoms with Crippen LogP contribution in [0.1, 0.15) is 29.2 Å². The first-order valence-electron chi connectivity index (χ1n) is 4.84. The number of rotatable bonds is 2. The van der Waals surface area contributed by atoms with Crippen molar-refractivity contribution in [2.45, 2.75) is 18.9 Å². The van der Waals surface area contributed by atoms with Gasteiger partial charge in [0.15, 0.2) is 0 Å². The highest BCUT2D eigenvalue weighted by atomic mass is 32.2. The Morgan fingerprint density at radius 2 is 2.53 bits per heavy atom. The number of aromatic nitrogens is 2. The largest absolute Gasteiger partial charge is 0.477 e. The van der Waals surface area contributed by atoms with E-state index in [4.69, 9.17) is 10.8 Å². The molecular weight excluding hydrogens is 214 g/mol. The second-order valence-corrected chi connectivity index (χ2v) is 4.71. The van der Waals surface area contributed by atoms with Gasteiger partial charge >= 0.3 is 5.97 Å². The fraction of sp³-hybridized carbons (Fsp3) is 0.556. The van der Waals surface area contributed by atoms with Crippen LogP contribution in [0.5, 0.6) is 0 Å². The zero-order valence-electron chi connectivity index (χ0n) is 8.22. The maximum absolute atomic E-state index is 10.8. The summed E-state index contributed by atoms with van der Waals surface area (Å²) in [4.78, 5) is 10.8. The second kappa shape index (κ2) is 4.14. The van der Waals surface area contributed by atoms with E-state index in [1.807, 2.05) is 11.8 Å². The van der Waals surface area contributed by atoms with Gasteiger partial charge in [-0.2, -0.15) is 16.9 Å². The van der Waals surface area contributed by atoms with Crippen molar-refractivity contribution in [2.75, 3.05) is 17.2 Å². The highest BCUT2D eigenvalue weighted by Gasteiger charge is 2.21. The van der Waals surface area contributed by atoms with Gasteiger partial charge in [0.05, 0.1) is 12.2 Å². The van der Waals surface area contributed by atoms with Crippen molar-refractivity contribution in [1.29, 1.82) is 0 Å². The van der Waals surface area contributed by atoms with Gasteiger partial charge in [0.2, 0.25) is 0 Å². The van der Waals surface area contributed by atoms with Crippen LogP contribution >= 0.6 is 11.8 Å². The molecule has 0 aliphatic carbocycles. The van der Waals surface area contributed by atoms with Gasteiger partial charge in [-0.1, -0.05) is 0 Å². The topological polar surface area (TPSA) is 81.1 Å². The molecule has 1 aromatic rings. The average molecular weight is 227 g/mol. The molecule has 15 heavy (non-hydrogen) atoms. The molecule has 0 radical (unpaired) electrons. The Balaban J connectivity index is 2.24. The fourth-order valence-electron chi connectivity index (χ4n) is 1.74. The number of anilines is 1. The van der Waals surface area contributed by atoms with Gasteiger partial charge in [-0.05, 0) is 18.6 Å². The van der Waals surface area contributed by atoms with Crippen LogP contribution in [0.4, 0.5) is 5.82 Å². The van der Waals surface area contributed by atoms with E-state index in [0.717, 1.165) is 18.6 Å². The van der Waals surface area contributed by atoms with E-state index >= 15 is 0 Å². The van der Waals surface area contributed by atoms with Crippen LogP contribution in [0.3, 0.4) is 0 Å². The molecule has 3 N–H and O–H groups in total. The molecule has 1 fully saturated rings. The lowest BCUT2D eigenvalue weighted by Gasteiger charge is -2.22. The molecule has 0 amide bonds. The van der Waals surface area contributed by atoms with Gasteiger partial charge in [0.25, 0.3) is 0 Å². The Morgan fingerprint density at radius 1 is 1.73 bits per heavy atom. The van der Waals surface area contributed by atoms with Crippen LogP contribution in [0.2, 0.25) is 0 Å². The maximum atomic E-state index is 10.8. The summed E-state index contributed by atoms with van der Waals surface area (Å²) in [7, 11) is 0. The van der Waals surface area contributed by atoms with E-state index in [-0.39, 0.29) is 17.4 Å². The molecule has 1 unspecified atom stereocenters.